The number of nitrogens with two attached hydrogens (primary N) is 1. The van der Waals surface area contributed by atoms with Gasteiger partial charge >= 0.3 is 18.0 Å². The van der Waals surface area contributed by atoms with Gasteiger partial charge in [-0.15, -0.1) is 11.8 Å². The lowest BCUT2D eigenvalue weighted by atomic mass is 9.95. The second-order valence-corrected chi connectivity index (χ2v) is 15.2. The average Bonchev–Trinajstić information content (AvgIpc) is 3.37. The van der Waals surface area contributed by atoms with Crippen molar-refractivity contribution in [2.24, 2.45) is 0 Å². The Morgan fingerprint density at radius 1 is 1.04 bits per heavy atom. The maximum absolute atomic E-state index is 15.6. The Bertz CT molecular complexity index is 2290. The van der Waals surface area contributed by atoms with Gasteiger partial charge in [0.05, 0.1) is 47.6 Å². The van der Waals surface area contributed by atoms with E-state index in [9.17, 15) is 14.0 Å². The zero-order valence-electron chi connectivity index (χ0n) is 28.8. The van der Waals surface area contributed by atoms with Gasteiger partial charge in [-0.3, -0.25) is 9.47 Å². The maximum atomic E-state index is 15.6. The van der Waals surface area contributed by atoms with E-state index < -0.39 is 75.7 Å². The summed E-state index contributed by atoms with van der Waals surface area (Å²) in [5.41, 5.74) is 2.01. The van der Waals surface area contributed by atoms with Gasteiger partial charge in [0.2, 0.25) is 0 Å². The van der Waals surface area contributed by atoms with Crippen molar-refractivity contribution in [3.8, 4) is 11.1 Å². The first kappa shape index (κ1) is 35.5. The van der Waals surface area contributed by atoms with Crippen LogP contribution in [0.4, 0.5) is 38.3 Å². The molecule has 3 aromatic heterocycles. The largest absolute Gasteiger partial charge is 0.444 e. The molecule has 7 rings (SSSR count). The fourth-order valence-electron chi connectivity index (χ4n) is 7.10. The highest BCUT2D eigenvalue weighted by atomic mass is 32.2. The number of nitrogens with zero attached hydrogens (tertiary/aromatic N) is 7. The first-order valence-corrected chi connectivity index (χ1v) is 17.5. The van der Waals surface area contributed by atoms with Crippen molar-refractivity contribution in [2.75, 3.05) is 29.5 Å². The van der Waals surface area contributed by atoms with Gasteiger partial charge in [0.25, 0.3) is 0 Å². The molecule has 1 fully saturated rings. The standard InChI is InChI=1S/C35H35F5N8O3S/c1-17-13-45(14-18(2)47(17)33(50)51-34(3,4)5)31-22-9-23(35(38,39)40)27(21-10-26(41)25(37)11-24(21)36)29-28(22)46(32(49)44-31)15-20(16-52-29)48-30-19(12-43-48)7-6-8-42-30/h6-12,17-18,20H,13-16,41H2,1-5H3/t17-,18+,20-/m0/s1. The summed E-state index contributed by atoms with van der Waals surface area (Å²) in [6.45, 7) is 9.00. The molecule has 2 N–H and O–H groups in total. The minimum absolute atomic E-state index is 0.00267. The molecule has 2 aromatic carbocycles. The number of pyridine rings is 1. The normalized spacial score (nSPS) is 19.7. The molecule has 5 aromatic rings. The number of fused-ring (bicyclic) bond motifs is 1. The number of carbonyl (C=O) groups excluding carboxylic acids is 1. The number of hydrogen-bond donors (Lipinski definition) is 1. The molecule has 17 heteroatoms. The summed E-state index contributed by atoms with van der Waals surface area (Å²) >= 11 is 0.997. The van der Waals surface area contributed by atoms with Crippen LogP contribution in [0.1, 0.15) is 46.2 Å². The Balaban J connectivity index is 1.46. The van der Waals surface area contributed by atoms with E-state index in [1.165, 1.54) is 4.57 Å². The third kappa shape index (κ3) is 6.17. The number of carbonyl (C=O) groups is 1. The van der Waals surface area contributed by atoms with Gasteiger partial charge in [-0.25, -0.2) is 28.0 Å². The van der Waals surface area contributed by atoms with Gasteiger partial charge in [-0.2, -0.15) is 23.3 Å². The first-order chi connectivity index (χ1) is 24.4. The fourth-order valence-corrected chi connectivity index (χ4v) is 8.43. The minimum Gasteiger partial charge on any atom is -0.444 e. The Hall–Kier alpha value is -4.93. The highest BCUT2D eigenvalue weighted by Crippen LogP contribution is 2.50. The zero-order chi connectivity index (χ0) is 37.4. The summed E-state index contributed by atoms with van der Waals surface area (Å²) in [6, 6.07) is 4.15. The summed E-state index contributed by atoms with van der Waals surface area (Å²) in [7, 11) is 0. The molecule has 2 aliphatic rings. The van der Waals surface area contributed by atoms with E-state index in [4.69, 9.17) is 10.5 Å². The van der Waals surface area contributed by atoms with Crippen LogP contribution in [0.3, 0.4) is 0 Å². The number of ether oxygens (including phenoxy) is 1. The van der Waals surface area contributed by atoms with Crippen molar-refractivity contribution >= 4 is 51.3 Å². The number of benzene rings is 2. The molecule has 1 saturated heterocycles. The molecule has 0 unspecified atom stereocenters. The minimum atomic E-state index is -5.03. The van der Waals surface area contributed by atoms with Crippen LogP contribution in [0.15, 0.2) is 52.4 Å². The topological polar surface area (TPSA) is 124 Å². The SMILES string of the molecule is C[C@@H]1CN(c2nc(=O)n3c4c(c(-c5cc(N)c(F)cc5F)c(C(F)(F)F)cc24)SC[C@@H](n2ncc4cccnc42)C3)C[C@H](C)N1C(=O)OC(C)(C)C. The third-order valence-electron chi connectivity index (χ3n) is 9.20. The van der Waals surface area contributed by atoms with Crippen molar-refractivity contribution in [3.05, 3.63) is 70.4 Å². The van der Waals surface area contributed by atoms with Crippen LogP contribution in [0, 0.1) is 11.6 Å². The second kappa shape index (κ2) is 12.6. The Morgan fingerprint density at radius 2 is 1.75 bits per heavy atom. The van der Waals surface area contributed by atoms with Crippen LogP contribution in [0.5, 0.6) is 0 Å². The fraction of sp³-hybridized carbons (Fsp3) is 0.400. The van der Waals surface area contributed by atoms with Crippen molar-refractivity contribution in [2.45, 2.75) is 76.0 Å². The van der Waals surface area contributed by atoms with Crippen molar-refractivity contribution < 1.29 is 31.5 Å². The molecule has 3 atom stereocenters. The number of thioether (sulfide) groups is 1. The molecule has 0 spiro atoms. The van der Waals surface area contributed by atoms with E-state index in [-0.39, 0.29) is 47.0 Å². The molecule has 0 aliphatic carbocycles. The van der Waals surface area contributed by atoms with Crippen LogP contribution in [0.25, 0.3) is 33.1 Å². The number of piperazine rings is 1. The van der Waals surface area contributed by atoms with Crippen LogP contribution in [0.2, 0.25) is 0 Å². The third-order valence-corrected chi connectivity index (χ3v) is 10.4. The summed E-state index contributed by atoms with van der Waals surface area (Å²) < 4.78 is 84.1. The van der Waals surface area contributed by atoms with Gasteiger partial charge in [-0.1, -0.05) is 0 Å². The van der Waals surface area contributed by atoms with E-state index in [1.54, 1.807) is 67.6 Å². The van der Waals surface area contributed by atoms with Gasteiger partial charge in [-0.05, 0) is 58.9 Å². The lowest BCUT2D eigenvalue weighted by Crippen LogP contribution is -2.59. The molecule has 11 nitrogen and oxygen atoms in total. The summed E-state index contributed by atoms with van der Waals surface area (Å²) in [5, 5.41) is 5.22. The number of alkyl halides is 3. The molecular weight excluding hydrogens is 707 g/mol. The van der Waals surface area contributed by atoms with E-state index >= 15 is 17.6 Å². The summed E-state index contributed by atoms with van der Waals surface area (Å²) in [4.78, 5) is 39.3. The number of halogens is 5. The molecule has 2 aliphatic heterocycles. The lowest BCUT2D eigenvalue weighted by molar-refractivity contribution is -0.137. The molecule has 274 valence electrons. The van der Waals surface area contributed by atoms with Gasteiger partial charge < -0.3 is 15.4 Å². The van der Waals surface area contributed by atoms with Crippen LogP contribution in [-0.2, 0) is 17.5 Å². The smallest absolute Gasteiger partial charge is 0.417 e. The molecule has 0 bridgehead atoms. The van der Waals surface area contributed by atoms with E-state index in [1.807, 2.05) is 6.07 Å². The summed E-state index contributed by atoms with van der Waals surface area (Å²) in [5.74, 6) is -2.28. The lowest BCUT2D eigenvalue weighted by Gasteiger charge is -2.45. The Morgan fingerprint density at radius 3 is 2.42 bits per heavy atom. The average molecular weight is 743 g/mol. The number of nitrogen functional groups attached to an aromatic ring is 1. The van der Waals surface area contributed by atoms with Crippen LogP contribution in [-0.4, -0.2) is 71.8 Å². The molecule has 1 amide bonds. The zero-order valence-corrected chi connectivity index (χ0v) is 29.6. The number of rotatable bonds is 3. The number of amides is 1. The number of hydrogen-bond acceptors (Lipinski definition) is 9. The Kier molecular flexibility index (Phi) is 8.62. The van der Waals surface area contributed by atoms with Crippen LogP contribution >= 0.6 is 11.8 Å². The van der Waals surface area contributed by atoms with Gasteiger partial charge in [0.1, 0.15) is 23.1 Å². The van der Waals surface area contributed by atoms with E-state index in [2.05, 4.69) is 15.1 Å². The molecule has 0 radical (unpaired) electrons. The van der Waals surface area contributed by atoms with E-state index in [0.717, 1.165) is 29.3 Å². The van der Waals surface area contributed by atoms with Crippen molar-refractivity contribution in [1.82, 2.24) is 29.2 Å². The maximum Gasteiger partial charge on any atom is 0.417 e. The van der Waals surface area contributed by atoms with Crippen molar-refractivity contribution in [1.29, 1.82) is 0 Å². The predicted molar refractivity (Wildman–Crippen MR) is 187 cm³/mol. The second-order valence-electron chi connectivity index (χ2n) is 14.2. The van der Waals surface area contributed by atoms with Gasteiger partial charge in [0.15, 0.2) is 5.65 Å². The number of aromatic nitrogens is 5. The molecule has 0 saturated carbocycles. The Labute approximate surface area is 298 Å². The molecule has 5 heterocycles. The number of anilines is 2. The highest BCUT2D eigenvalue weighted by molar-refractivity contribution is 7.99. The first-order valence-electron chi connectivity index (χ1n) is 16.5. The van der Waals surface area contributed by atoms with Crippen molar-refractivity contribution in [3.63, 3.8) is 0 Å². The monoisotopic (exact) mass is 742 g/mol. The predicted octanol–water partition coefficient (Wildman–Crippen LogP) is 6.87. The van der Waals surface area contributed by atoms with Crippen LogP contribution < -0.4 is 16.3 Å². The van der Waals surface area contributed by atoms with E-state index in [0.29, 0.717) is 11.7 Å². The summed E-state index contributed by atoms with van der Waals surface area (Å²) in [6.07, 6.45) is -2.38. The van der Waals surface area contributed by atoms with Gasteiger partial charge in [0, 0.05) is 57.9 Å². The molecular formula is C35H35F5N8O3S. The quantitative estimate of drug-likeness (QED) is 0.156. The highest BCUT2D eigenvalue weighted by Gasteiger charge is 2.41. The molecule has 52 heavy (non-hydrogen) atoms.